The summed E-state index contributed by atoms with van der Waals surface area (Å²) in [5.41, 5.74) is 4.05. The predicted octanol–water partition coefficient (Wildman–Crippen LogP) is 3.64. The topological polar surface area (TPSA) is 55.1 Å². The number of anilines is 1. The molecule has 0 unspecified atom stereocenters. The van der Waals surface area contributed by atoms with Gasteiger partial charge in [-0.05, 0) is 51.0 Å². The highest BCUT2D eigenvalue weighted by atomic mass is 32.2. The van der Waals surface area contributed by atoms with E-state index in [1.165, 1.54) is 17.3 Å². The van der Waals surface area contributed by atoms with Crippen molar-refractivity contribution in [3.8, 4) is 0 Å². The lowest BCUT2D eigenvalue weighted by Crippen LogP contribution is -2.14. The van der Waals surface area contributed by atoms with Gasteiger partial charge < -0.3 is 9.73 Å². The van der Waals surface area contributed by atoms with E-state index in [2.05, 4.69) is 10.3 Å². The smallest absolute Gasteiger partial charge is 0.256 e. The van der Waals surface area contributed by atoms with Crippen molar-refractivity contribution in [1.82, 2.24) is 4.98 Å². The normalized spacial score (nSPS) is 10.6. The van der Waals surface area contributed by atoms with Gasteiger partial charge in [0.05, 0.1) is 11.4 Å². The summed E-state index contributed by atoms with van der Waals surface area (Å²) in [6.45, 7) is 7.82. The number of nitrogens with zero attached hydrogens (tertiary/aromatic N) is 1. The van der Waals surface area contributed by atoms with Crippen LogP contribution in [0.1, 0.15) is 22.6 Å². The average Bonchev–Trinajstić information content (AvgIpc) is 2.71. The number of carbonyl (C=O) groups excluding carboxylic acids is 1. The highest BCUT2D eigenvalue weighted by Gasteiger charge is 2.09. The minimum Gasteiger partial charge on any atom is -0.437 e. The third-order valence-corrected chi connectivity index (χ3v) is 3.95. The van der Waals surface area contributed by atoms with Gasteiger partial charge in [-0.25, -0.2) is 4.98 Å². The molecule has 0 aliphatic rings. The number of carbonyl (C=O) groups is 1. The molecule has 4 nitrogen and oxygen atoms in total. The van der Waals surface area contributed by atoms with Gasteiger partial charge in [0.15, 0.2) is 0 Å². The lowest BCUT2D eigenvalue weighted by Gasteiger charge is -2.06. The molecule has 1 aromatic heterocycles. The Bertz CT molecular complexity index is 615. The van der Waals surface area contributed by atoms with Crippen LogP contribution in [-0.2, 0) is 4.79 Å². The van der Waals surface area contributed by atoms with E-state index in [0.29, 0.717) is 5.22 Å². The summed E-state index contributed by atoms with van der Waals surface area (Å²) in [5.74, 6) is 1.01. The highest BCUT2D eigenvalue weighted by Crippen LogP contribution is 2.20. The molecule has 0 aliphatic carbocycles. The fourth-order valence-corrected chi connectivity index (χ4v) is 2.36. The van der Waals surface area contributed by atoms with Crippen LogP contribution in [0, 0.1) is 27.7 Å². The minimum absolute atomic E-state index is 0.0632. The van der Waals surface area contributed by atoms with Crippen LogP contribution in [0.2, 0.25) is 0 Å². The summed E-state index contributed by atoms with van der Waals surface area (Å²) in [7, 11) is 0. The molecule has 0 aliphatic heterocycles. The zero-order chi connectivity index (χ0) is 14.7. The highest BCUT2D eigenvalue weighted by molar-refractivity contribution is 7.99. The molecule has 0 spiro atoms. The Morgan fingerprint density at radius 3 is 2.60 bits per heavy atom. The molecule has 1 N–H and O–H groups in total. The number of rotatable bonds is 4. The summed E-state index contributed by atoms with van der Waals surface area (Å²) >= 11 is 1.30. The van der Waals surface area contributed by atoms with Crippen LogP contribution in [0.15, 0.2) is 27.8 Å². The second-order valence-electron chi connectivity index (χ2n) is 4.76. The van der Waals surface area contributed by atoms with E-state index >= 15 is 0 Å². The Morgan fingerprint density at radius 1 is 1.25 bits per heavy atom. The van der Waals surface area contributed by atoms with Gasteiger partial charge in [-0.15, -0.1) is 0 Å². The minimum atomic E-state index is -0.0632. The third kappa shape index (κ3) is 3.63. The Kier molecular flexibility index (Phi) is 4.49. The second kappa shape index (κ2) is 6.13. The molecule has 0 saturated carbocycles. The molecule has 20 heavy (non-hydrogen) atoms. The van der Waals surface area contributed by atoms with Crippen molar-refractivity contribution in [2.45, 2.75) is 32.9 Å². The first kappa shape index (κ1) is 14.7. The standard InChI is InChI=1S/C15H18N2O2S/c1-9-5-6-13(7-10(9)2)17-14(18)8-20-15-16-11(3)12(4)19-15/h5-7H,8H2,1-4H3,(H,17,18). The summed E-state index contributed by atoms with van der Waals surface area (Å²) in [6.07, 6.45) is 0. The Balaban J connectivity index is 1.90. The molecule has 1 amide bonds. The summed E-state index contributed by atoms with van der Waals surface area (Å²) < 4.78 is 5.42. The predicted molar refractivity (Wildman–Crippen MR) is 81.2 cm³/mol. The van der Waals surface area contributed by atoms with Crippen LogP contribution in [0.3, 0.4) is 0 Å². The van der Waals surface area contributed by atoms with E-state index in [1.54, 1.807) is 0 Å². The molecule has 0 fully saturated rings. The number of aryl methyl sites for hydroxylation is 4. The van der Waals surface area contributed by atoms with E-state index < -0.39 is 0 Å². The molecular weight excluding hydrogens is 272 g/mol. The lowest BCUT2D eigenvalue weighted by molar-refractivity contribution is -0.113. The number of benzene rings is 1. The zero-order valence-electron chi connectivity index (χ0n) is 12.1. The summed E-state index contributed by atoms with van der Waals surface area (Å²) in [5, 5.41) is 3.41. The fraction of sp³-hybridized carbons (Fsp3) is 0.333. The summed E-state index contributed by atoms with van der Waals surface area (Å²) in [6, 6.07) is 5.88. The number of aromatic nitrogens is 1. The van der Waals surface area contributed by atoms with Gasteiger partial charge in [-0.1, -0.05) is 17.8 Å². The average molecular weight is 290 g/mol. The molecule has 0 saturated heterocycles. The van der Waals surface area contributed by atoms with Crippen LogP contribution >= 0.6 is 11.8 Å². The van der Waals surface area contributed by atoms with E-state index in [4.69, 9.17) is 4.42 Å². The number of nitrogens with one attached hydrogen (secondary N) is 1. The lowest BCUT2D eigenvalue weighted by atomic mass is 10.1. The molecule has 1 heterocycles. The Labute approximate surface area is 123 Å². The Morgan fingerprint density at radius 2 is 2.00 bits per heavy atom. The maximum Gasteiger partial charge on any atom is 0.256 e. The Hall–Kier alpha value is -1.75. The molecule has 0 bridgehead atoms. The number of thioether (sulfide) groups is 1. The van der Waals surface area contributed by atoms with Crippen molar-refractivity contribution < 1.29 is 9.21 Å². The van der Waals surface area contributed by atoms with Gasteiger partial charge in [0, 0.05) is 5.69 Å². The maximum absolute atomic E-state index is 11.9. The van der Waals surface area contributed by atoms with Crippen LogP contribution in [0.5, 0.6) is 0 Å². The van der Waals surface area contributed by atoms with Gasteiger partial charge in [-0.3, -0.25) is 4.79 Å². The molecular formula is C15H18N2O2S. The SMILES string of the molecule is Cc1ccc(NC(=O)CSc2nc(C)c(C)o2)cc1C. The van der Waals surface area contributed by atoms with Gasteiger partial charge in [0.1, 0.15) is 5.76 Å². The van der Waals surface area contributed by atoms with Crippen molar-refractivity contribution >= 4 is 23.4 Å². The van der Waals surface area contributed by atoms with Crippen molar-refractivity contribution in [3.63, 3.8) is 0 Å². The molecule has 2 rings (SSSR count). The molecule has 0 atom stereocenters. The fourth-order valence-electron chi connectivity index (χ4n) is 1.65. The number of oxazole rings is 1. The molecule has 1 aromatic carbocycles. The summed E-state index contributed by atoms with van der Waals surface area (Å²) in [4.78, 5) is 16.1. The largest absolute Gasteiger partial charge is 0.437 e. The van der Waals surface area contributed by atoms with Gasteiger partial charge in [0.25, 0.3) is 5.22 Å². The van der Waals surface area contributed by atoms with Crippen LogP contribution < -0.4 is 5.32 Å². The van der Waals surface area contributed by atoms with Crippen molar-refractivity contribution in [3.05, 3.63) is 40.8 Å². The second-order valence-corrected chi connectivity index (χ2v) is 5.68. The molecule has 2 aromatic rings. The number of hydrogen-bond acceptors (Lipinski definition) is 4. The van der Waals surface area contributed by atoms with Crippen molar-refractivity contribution in [2.24, 2.45) is 0 Å². The van der Waals surface area contributed by atoms with E-state index in [9.17, 15) is 4.79 Å². The van der Waals surface area contributed by atoms with Crippen LogP contribution in [0.4, 0.5) is 5.69 Å². The van der Waals surface area contributed by atoms with Crippen molar-refractivity contribution in [1.29, 1.82) is 0 Å². The monoisotopic (exact) mass is 290 g/mol. The van der Waals surface area contributed by atoms with E-state index in [-0.39, 0.29) is 11.7 Å². The van der Waals surface area contributed by atoms with Crippen LogP contribution in [0.25, 0.3) is 0 Å². The van der Waals surface area contributed by atoms with Gasteiger partial charge in [-0.2, -0.15) is 0 Å². The first-order valence-electron chi connectivity index (χ1n) is 6.39. The molecule has 5 heteroatoms. The van der Waals surface area contributed by atoms with E-state index in [1.807, 2.05) is 45.9 Å². The third-order valence-electron chi connectivity index (χ3n) is 3.13. The zero-order valence-corrected chi connectivity index (χ0v) is 12.9. The maximum atomic E-state index is 11.9. The van der Waals surface area contributed by atoms with Crippen molar-refractivity contribution in [2.75, 3.05) is 11.1 Å². The quantitative estimate of drug-likeness (QED) is 0.873. The van der Waals surface area contributed by atoms with E-state index in [0.717, 1.165) is 22.7 Å². The molecule has 106 valence electrons. The first-order valence-corrected chi connectivity index (χ1v) is 7.38. The first-order chi connectivity index (χ1) is 9.45. The van der Waals surface area contributed by atoms with Gasteiger partial charge in [0.2, 0.25) is 5.91 Å². The van der Waals surface area contributed by atoms with Gasteiger partial charge >= 0.3 is 0 Å². The van der Waals surface area contributed by atoms with Crippen LogP contribution in [-0.4, -0.2) is 16.6 Å². The molecule has 0 radical (unpaired) electrons. The number of amides is 1. The number of hydrogen-bond donors (Lipinski definition) is 1.